The average Bonchev–Trinajstić information content (AvgIpc) is 2.50. The zero-order chi connectivity index (χ0) is 11.7. The van der Waals surface area contributed by atoms with Gasteiger partial charge < -0.3 is 5.32 Å². The van der Waals surface area contributed by atoms with Gasteiger partial charge in [0.2, 0.25) is 5.91 Å². The van der Waals surface area contributed by atoms with Crippen molar-refractivity contribution in [2.75, 3.05) is 12.4 Å². The van der Waals surface area contributed by atoms with E-state index in [1.54, 1.807) is 0 Å². The highest BCUT2D eigenvalue weighted by Gasteiger charge is 2.35. The van der Waals surface area contributed by atoms with Crippen molar-refractivity contribution < 1.29 is 9.59 Å². The predicted molar refractivity (Wildman–Crippen MR) is 69.0 cm³/mol. The SMILES string of the molecule is CN1C(=O)CC(Nc2ccc(I)cc2)C1=O. The number of carbonyl (C=O) groups is 2. The van der Waals surface area contributed by atoms with E-state index < -0.39 is 6.04 Å². The molecule has 1 aromatic rings. The normalized spacial score (nSPS) is 20.4. The molecule has 1 aliphatic rings. The van der Waals surface area contributed by atoms with Gasteiger partial charge in [-0.15, -0.1) is 0 Å². The Kier molecular flexibility index (Phi) is 3.13. The third-order valence-electron chi connectivity index (χ3n) is 2.57. The Balaban J connectivity index is 2.09. The zero-order valence-corrected chi connectivity index (χ0v) is 10.9. The largest absolute Gasteiger partial charge is 0.373 e. The van der Waals surface area contributed by atoms with Crippen molar-refractivity contribution in [3.63, 3.8) is 0 Å². The number of benzene rings is 1. The van der Waals surface area contributed by atoms with Crippen LogP contribution in [0.1, 0.15) is 6.42 Å². The molecule has 0 radical (unpaired) electrons. The summed E-state index contributed by atoms with van der Waals surface area (Å²) in [5.41, 5.74) is 0.863. The Morgan fingerprint density at radius 1 is 1.31 bits per heavy atom. The Morgan fingerprint density at radius 3 is 2.44 bits per heavy atom. The van der Waals surface area contributed by atoms with E-state index in [1.165, 1.54) is 11.9 Å². The molecule has 0 saturated carbocycles. The monoisotopic (exact) mass is 330 g/mol. The van der Waals surface area contributed by atoms with Gasteiger partial charge in [-0.25, -0.2) is 0 Å². The minimum atomic E-state index is -0.419. The number of rotatable bonds is 2. The summed E-state index contributed by atoms with van der Waals surface area (Å²) in [5, 5.41) is 3.06. The van der Waals surface area contributed by atoms with Gasteiger partial charge in [-0.3, -0.25) is 14.5 Å². The van der Waals surface area contributed by atoms with E-state index in [1.807, 2.05) is 24.3 Å². The summed E-state index contributed by atoms with van der Waals surface area (Å²) < 4.78 is 1.13. The van der Waals surface area contributed by atoms with Gasteiger partial charge >= 0.3 is 0 Å². The fourth-order valence-corrected chi connectivity index (χ4v) is 1.98. The summed E-state index contributed by atoms with van der Waals surface area (Å²) in [6, 6.07) is 7.29. The second-order valence-electron chi connectivity index (χ2n) is 3.70. The van der Waals surface area contributed by atoms with Gasteiger partial charge in [0.25, 0.3) is 5.91 Å². The van der Waals surface area contributed by atoms with Crippen molar-refractivity contribution in [3.8, 4) is 0 Å². The summed E-state index contributed by atoms with van der Waals surface area (Å²) in [7, 11) is 1.51. The van der Waals surface area contributed by atoms with Crippen LogP contribution in [-0.2, 0) is 9.59 Å². The topological polar surface area (TPSA) is 49.4 Å². The summed E-state index contributed by atoms with van der Waals surface area (Å²) in [6.45, 7) is 0. The number of halogens is 1. The molecule has 4 nitrogen and oxygen atoms in total. The van der Waals surface area contributed by atoms with Crippen molar-refractivity contribution in [3.05, 3.63) is 27.8 Å². The van der Waals surface area contributed by atoms with E-state index in [-0.39, 0.29) is 18.2 Å². The van der Waals surface area contributed by atoms with Crippen molar-refractivity contribution >= 4 is 40.1 Å². The van der Waals surface area contributed by atoms with Crippen LogP contribution in [0.5, 0.6) is 0 Å². The van der Waals surface area contributed by atoms with Gasteiger partial charge in [-0.2, -0.15) is 0 Å². The molecule has 2 amide bonds. The molecule has 1 saturated heterocycles. The summed E-state index contributed by atoms with van der Waals surface area (Å²) >= 11 is 2.21. The second kappa shape index (κ2) is 4.40. The van der Waals surface area contributed by atoms with Crippen molar-refractivity contribution in [2.24, 2.45) is 0 Å². The number of imide groups is 1. The lowest BCUT2D eigenvalue weighted by Crippen LogP contribution is -2.31. The van der Waals surface area contributed by atoms with E-state index >= 15 is 0 Å². The molecule has 1 heterocycles. The number of hydrogen-bond donors (Lipinski definition) is 1. The molecule has 0 bridgehead atoms. The predicted octanol–water partition coefficient (Wildman–Crippen LogP) is 1.46. The van der Waals surface area contributed by atoms with E-state index in [4.69, 9.17) is 0 Å². The highest BCUT2D eigenvalue weighted by atomic mass is 127. The van der Waals surface area contributed by atoms with Crippen LogP contribution in [0.15, 0.2) is 24.3 Å². The maximum Gasteiger partial charge on any atom is 0.251 e. The van der Waals surface area contributed by atoms with Crippen LogP contribution in [-0.4, -0.2) is 29.8 Å². The zero-order valence-electron chi connectivity index (χ0n) is 8.74. The standard InChI is InChI=1S/C11H11IN2O2/c1-14-10(15)6-9(11(14)16)13-8-4-2-7(12)3-5-8/h2-5,9,13H,6H2,1H3. The first-order chi connectivity index (χ1) is 7.58. The van der Waals surface area contributed by atoms with Gasteiger partial charge in [0.05, 0.1) is 6.42 Å². The van der Waals surface area contributed by atoms with Crippen LogP contribution < -0.4 is 5.32 Å². The van der Waals surface area contributed by atoms with Crippen molar-refractivity contribution in [1.82, 2.24) is 4.90 Å². The van der Waals surface area contributed by atoms with Gasteiger partial charge in [-0.1, -0.05) is 0 Å². The van der Waals surface area contributed by atoms with Gasteiger partial charge in [0.15, 0.2) is 0 Å². The minimum Gasteiger partial charge on any atom is -0.373 e. The molecule has 2 rings (SSSR count). The number of anilines is 1. The van der Waals surface area contributed by atoms with E-state index in [9.17, 15) is 9.59 Å². The smallest absolute Gasteiger partial charge is 0.251 e. The van der Waals surface area contributed by atoms with E-state index in [0.717, 1.165) is 9.26 Å². The molecule has 5 heteroatoms. The lowest BCUT2D eigenvalue weighted by atomic mass is 10.2. The van der Waals surface area contributed by atoms with Crippen LogP contribution in [0.25, 0.3) is 0 Å². The molecular formula is C11H11IN2O2. The van der Waals surface area contributed by atoms with Gasteiger partial charge in [0, 0.05) is 16.3 Å². The minimum absolute atomic E-state index is 0.131. The summed E-state index contributed by atoms with van der Waals surface area (Å²) in [4.78, 5) is 24.1. The Labute approximate surface area is 107 Å². The highest BCUT2D eigenvalue weighted by Crippen LogP contribution is 2.18. The van der Waals surface area contributed by atoms with Crippen LogP contribution in [0.4, 0.5) is 5.69 Å². The first-order valence-corrected chi connectivity index (χ1v) is 5.98. The maximum atomic E-state index is 11.6. The van der Waals surface area contributed by atoms with Gasteiger partial charge in [0.1, 0.15) is 6.04 Å². The van der Waals surface area contributed by atoms with Crippen molar-refractivity contribution in [1.29, 1.82) is 0 Å². The molecule has 1 atom stereocenters. The number of nitrogens with zero attached hydrogens (tertiary/aromatic N) is 1. The molecule has 0 aliphatic carbocycles. The quantitative estimate of drug-likeness (QED) is 0.660. The van der Waals surface area contributed by atoms with Crippen molar-refractivity contribution in [2.45, 2.75) is 12.5 Å². The Morgan fingerprint density at radius 2 is 1.94 bits per heavy atom. The number of nitrogens with one attached hydrogen (secondary N) is 1. The third kappa shape index (κ3) is 2.18. The number of carbonyl (C=O) groups excluding carboxylic acids is 2. The number of likely N-dealkylation sites (N-methyl/N-ethyl adjacent to an activating group) is 1. The van der Waals surface area contributed by atoms with Crippen LogP contribution in [0, 0.1) is 3.57 Å². The lowest BCUT2D eigenvalue weighted by molar-refractivity contribution is -0.136. The number of hydrogen-bond acceptors (Lipinski definition) is 3. The fraction of sp³-hybridized carbons (Fsp3) is 0.273. The number of likely N-dealkylation sites (tertiary alicyclic amines) is 1. The van der Waals surface area contributed by atoms with Crippen LogP contribution in [0.3, 0.4) is 0 Å². The molecule has 1 aliphatic heterocycles. The summed E-state index contributed by atoms with van der Waals surface area (Å²) in [6.07, 6.45) is 0.237. The Hall–Kier alpha value is -1.11. The molecule has 0 spiro atoms. The molecule has 1 N–H and O–H groups in total. The Bertz CT molecular complexity index is 430. The van der Waals surface area contributed by atoms with E-state index in [0.29, 0.717) is 0 Å². The molecule has 1 fully saturated rings. The third-order valence-corrected chi connectivity index (χ3v) is 3.29. The maximum absolute atomic E-state index is 11.6. The van der Waals surface area contributed by atoms with Crippen LogP contribution >= 0.6 is 22.6 Å². The molecular weight excluding hydrogens is 319 g/mol. The first-order valence-electron chi connectivity index (χ1n) is 4.90. The molecule has 1 unspecified atom stereocenters. The highest BCUT2D eigenvalue weighted by molar-refractivity contribution is 14.1. The lowest BCUT2D eigenvalue weighted by Gasteiger charge is -2.12. The summed E-state index contributed by atoms with van der Waals surface area (Å²) in [5.74, 6) is -0.295. The van der Waals surface area contributed by atoms with E-state index in [2.05, 4.69) is 27.9 Å². The first kappa shape index (κ1) is 11.4. The molecule has 16 heavy (non-hydrogen) atoms. The molecule has 1 aromatic carbocycles. The number of amides is 2. The second-order valence-corrected chi connectivity index (χ2v) is 4.94. The van der Waals surface area contributed by atoms with Gasteiger partial charge in [-0.05, 0) is 46.9 Å². The molecule has 84 valence electrons. The fourth-order valence-electron chi connectivity index (χ4n) is 1.62. The van der Waals surface area contributed by atoms with Crippen LogP contribution in [0.2, 0.25) is 0 Å². The molecule has 0 aromatic heterocycles. The average molecular weight is 330 g/mol.